The Hall–Kier alpha value is -6.45. The Kier molecular flexibility index (Phi) is 19.3. The van der Waals surface area contributed by atoms with Crippen LogP contribution in [0.1, 0.15) is 112 Å². The molecular formula is C61H79NO19. The Labute approximate surface area is 474 Å². The number of fused-ring (bicyclic) bond motifs is 3. The maximum absolute atomic E-state index is 15.0. The van der Waals surface area contributed by atoms with Crippen molar-refractivity contribution in [1.82, 2.24) is 4.90 Å². The first-order valence-electron chi connectivity index (χ1n) is 27.9. The largest absolute Gasteiger partial charge is 0.509 e. The number of rotatable bonds is 15. The molecule has 0 unspecified atom stereocenters. The van der Waals surface area contributed by atoms with Gasteiger partial charge in [-0.1, -0.05) is 112 Å². The molecule has 20 nitrogen and oxygen atoms in total. The lowest BCUT2D eigenvalue weighted by molar-refractivity contribution is -0.317. The Morgan fingerprint density at radius 3 is 1.83 bits per heavy atom. The zero-order valence-electron chi connectivity index (χ0n) is 48.4. The lowest BCUT2D eigenvalue weighted by atomic mass is 9.78. The molecule has 8 rings (SSSR count). The molecule has 2 bridgehead atoms. The van der Waals surface area contributed by atoms with Gasteiger partial charge >= 0.3 is 30.5 Å². The molecule has 0 aliphatic carbocycles. The van der Waals surface area contributed by atoms with E-state index in [1.54, 1.807) is 46.9 Å². The highest BCUT2D eigenvalue weighted by atomic mass is 16.8. The third kappa shape index (κ3) is 13.7. The predicted molar refractivity (Wildman–Crippen MR) is 288 cm³/mol. The van der Waals surface area contributed by atoms with Gasteiger partial charge in [-0.15, -0.1) is 0 Å². The topological polar surface area (TPSA) is 218 Å². The number of methoxy groups -OCH3 is 1. The fourth-order valence-corrected chi connectivity index (χ4v) is 12.2. The first-order valence-corrected chi connectivity index (χ1v) is 27.9. The van der Waals surface area contributed by atoms with Crippen LogP contribution in [0.3, 0.4) is 0 Å². The molecule has 5 aliphatic heterocycles. The minimum absolute atomic E-state index is 0.000346. The first kappa shape index (κ1) is 60.6. The molecule has 4 fully saturated rings. The zero-order valence-corrected chi connectivity index (χ0v) is 48.4. The van der Waals surface area contributed by atoms with Gasteiger partial charge in [-0.2, -0.15) is 0 Å². The summed E-state index contributed by atoms with van der Waals surface area (Å²) in [7, 11) is 3.05. The van der Waals surface area contributed by atoms with Crippen molar-refractivity contribution < 1.29 is 90.3 Å². The molecular weight excluding hydrogens is 1050 g/mol. The number of ether oxygens (including phenoxy) is 14. The molecule has 4 saturated heterocycles. The van der Waals surface area contributed by atoms with Gasteiger partial charge in [-0.3, -0.25) is 4.79 Å². The van der Waals surface area contributed by atoms with Crippen LogP contribution in [-0.2, 0) is 90.9 Å². The average molecular weight is 1130 g/mol. The summed E-state index contributed by atoms with van der Waals surface area (Å²) in [6.45, 7) is 17.8. The van der Waals surface area contributed by atoms with Gasteiger partial charge in [-0.05, 0) is 83.6 Å². The number of amides is 1. The summed E-state index contributed by atoms with van der Waals surface area (Å²) in [5.41, 5.74) is -0.944. The minimum atomic E-state index is -1.46. The van der Waals surface area contributed by atoms with Crippen molar-refractivity contribution in [2.75, 3.05) is 14.2 Å². The van der Waals surface area contributed by atoms with Gasteiger partial charge in [-0.25, -0.2) is 19.2 Å². The number of hydrogen-bond donors (Lipinski definition) is 0. The molecule has 20 heteroatoms. The van der Waals surface area contributed by atoms with E-state index in [1.807, 2.05) is 120 Å². The monoisotopic (exact) mass is 1130 g/mol. The first-order chi connectivity index (χ1) is 38.6. The van der Waals surface area contributed by atoms with Crippen LogP contribution in [0, 0.1) is 17.8 Å². The summed E-state index contributed by atoms with van der Waals surface area (Å²) in [4.78, 5) is 70.9. The van der Waals surface area contributed by atoms with E-state index in [-0.39, 0.29) is 45.5 Å². The highest BCUT2D eigenvalue weighted by Crippen LogP contribution is 2.50. The lowest BCUT2D eigenvalue weighted by Crippen LogP contribution is -2.62. The van der Waals surface area contributed by atoms with Crippen molar-refractivity contribution in [3.05, 3.63) is 119 Å². The van der Waals surface area contributed by atoms with Gasteiger partial charge < -0.3 is 71.2 Å². The molecule has 5 heterocycles. The van der Waals surface area contributed by atoms with Crippen molar-refractivity contribution in [1.29, 1.82) is 0 Å². The van der Waals surface area contributed by atoms with Crippen LogP contribution in [-0.4, -0.2) is 134 Å². The van der Waals surface area contributed by atoms with Gasteiger partial charge in [0, 0.05) is 32.9 Å². The van der Waals surface area contributed by atoms with E-state index in [0.717, 1.165) is 16.7 Å². The highest BCUT2D eigenvalue weighted by molar-refractivity contribution is 5.73. The lowest BCUT2D eigenvalue weighted by Gasteiger charge is -2.49. The molecule has 0 spiro atoms. The zero-order chi connectivity index (χ0) is 58.4. The number of carbonyl (C=O) groups excluding carboxylic acids is 5. The standard InChI is InChI=1S/C61H79NO19/c1-13-45-61(10)51(78-58(67)81-61)37(4)47-35(2)30-60(9,80-47)50(38(5)48(39(6)53(63)74-45)75-46-31-59(8,68-12)52(40(7)73-46)79-57(66)71-34-43-27-21-16-22-28-43)77-54-49(76-56(65)70-33-42-25-19-15-20-26-42)44(29-36(3)72-54)62(11)55(64)69-32-41-23-17-14-18-24-41/h14-28,36-40,44-46,48-52,54H,13,29-34H2,1-12H3/t36-,37-,38+,39-,40+,44+,45+,46+,48+,49-,50-,51-,52+,54+,59-,60-,61-/m1/s1. The number of hydrogen-bond acceptors (Lipinski definition) is 19. The third-order valence-electron chi connectivity index (χ3n) is 16.5. The number of benzene rings is 3. The van der Waals surface area contributed by atoms with Crippen molar-refractivity contribution in [2.24, 2.45) is 17.8 Å². The van der Waals surface area contributed by atoms with Crippen LogP contribution < -0.4 is 0 Å². The van der Waals surface area contributed by atoms with E-state index in [2.05, 4.69) is 0 Å². The van der Waals surface area contributed by atoms with Crippen molar-refractivity contribution in [3.63, 3.8) is 0 Å². The minimum Gasteiger partial charge on any atom is -0.488 e. The molecule has 3 aromatic carbocycles. The maximum Gasteiger partial charge on any atom is 0.509 e. The molecule has 17 atom stereocenters. The Balaban J connectivity index is 1.16. The number of likely N-dealkylation sites (N-methyl/N-ethyl adjacent to an activating group) is 1. The van der Waals surface area contributed by atoms with E-state index in [0.29, 0.717) is 11.3 Å². The normalized spacial score (nSPS) is 35.0. The number of cyclic esters (lactones) is 1. The fourth-order valence-electron chi connectivity index (χ4n) is 12.2. The SMILES string of the molecule is CC[C@@H]1OC(=O)[C@H](C)[C@@H](O[C@H]2C[C@@](C)(OC)[C@@H](OC(=O)OCc3ccccc3)[C@H](C)O2)[C@H](C)[C@@H](O[C@@H]2O[C@H](C)C[C@H](N(C)C(=O)OCc3ccccc3)[C@H]2OC(=O)OCc2ccccc2)[C@@]2(C)CC(C)=C(O2)[C@@H](C)[C@H]2OC(=O)O[C@]12C. The van der Waals surface area contributed by atoms with Crippen molar-refractivity contribution in [2.45, 2.75) is 199 Å². The number of esters is 1. The highest BCUT2D eigenvalue weighted by Gasteiger charge is 2.61. The predicted octanol–water partition coefficient (Wildman–Crippen LogP) is 10.5. The van der Waals surface area contributed by atoms with Crippen LogP contribution in [0.25, 0.3) is 0 Å². The fraction of sp³-hybridized carbons (Fsp3) is 0.590. The van der Waals surface area contributed by atoms with E-state index in [1.165, 1.54) is 12.0 Å². The van der Waals surface area contributed by atoms with Gasteiger partial charge in [0.25, 0.3) is 0 Å². The third-order valence-corrected chi connectivity index (χ3v) is 16.5. The second-order valence-electron chi connectivity index (χ2n) is 22.7. The summed E-state index contributed by atoms with van der Waals surface area (Å²) >= 11 is 0. The molecule has 0 radical (unpaired) electrons. The number of carbonyl (C=O) groups is 5. The molecule has 1 amide bonds. The van der Waals surface area contributed by atoms with Crippen molar-refractivity contribution in [3.8, 4) is 0 Å². The Morgan fingerprint density at radius 1 is 0.691 bits per heavy atom. The number of nitrogens with zero attached hydrogens (tertiary/aromatic N) is 1. The average Bonchev–Trinajstić information content (AvgIpc) is 4.07. The molecule has 3 aromatic rings. The van der Waals surface area contributed by atoms with Crippen LogP contribution >= 0.6 is 0 Å². The second kappa shape index (κ2) is 25.8. The molecule has 5 aliphatic rings. The molecule has 0 saturated carbocycles. The summed E-state index contributed by atoms with van der Waals surface area (Å²) in [6, 6.07) is 26.6. The van der Waals surface area contributed by atoms with E-state index >= 15 is 4.79 Å². The van der Waals surface area contributed by atoms with Gasteiger partial charge in [0.1, 0.15) is 49.0 Å². The molecule has 0 N–H and O–H groups in total. The second-order valence-corrected chi connectivity index (χ2v) is 22.7. The summed E-state index contributed by atoms with van der Waals surface area (Å²) < 4.78 is 88.4. The summed E-state index contributed by atoms with van der Waals surface area (Å²) in [5.74, 6) is -2.80. The van der Waals surface area contributed by atoms with Crippen LogP contribution in [0.5, 0.6) is 0 Å². The smallest absolute Gasteiger partial charge is 0.488 e. The molecule has 442 valence electrons. The van der Waals surface area contributed by atoms with Crippen LogP contribution in [0.4, 0.5) is 19.2 Å². The maximum atomic E-state index is 15.0. The summed E-state index contributed by atoms with van der Waals surface area (Å²) in [6.07, 6.45) is -13.4. The summed E-state index contributed by atoms with van der Waals surface area (Å²) in [5, 5.41) is 0. The van der Waals surface area contributed by atoms with Crippen LogP contribution in [0.15, 0.2) is 102 Å². The Morgan fingerprint density at radius 2 is 1.26 bits per heavy atom. The van der Waals surface area contributed by atoms with Gasteiger partial charge in [0.2, 0.25) is 0 Å². The quantitative estimate of drug-likeness (QED) is 0.102. The molecule has 81 heavy (non-hydrogen) atoms. The van der Waals surface area contributed by atoms with E-state index in [9.17, 15) is 19.2 Å². The van der Waals surface area contributed by atoms with E-state index < -0.39 is 133 Å². The van der Waals surface area contributed by atoms with E-state index in [4.69, 9.17) is 66.3 Å². The Bertz CT molecular complexity index is 2680. The molecule has 0 aromatic heterocycles. The van der Waals surface area contributed by atoms with Gasteiger partial charge in [0.05, 0.1) is 36.2 Å². The van der Waals surface area contributed by atoms with Gasteiger partial charge in [0.15, 0.2) is 36.5 Å². The van der Waals surface area contributed by atoms with Crippen LogP contribution in [0.2, 0.25) is 0 Å². The van der Waals surface area contributed by atoms with Crippen molar-refractivity contribution >= 4 is 30.5 Å².